The van der Waals surface area contributed by atoms with Gasteiger partial charge in [-0.05, 0) is 55.2 Å². The number of aromatic nitrogens is 3. The van der Waals surface area contributed by atoms with E-state index in [-0.39, 0.29) is 5.91 Å². The summed E-state index contributed by atoms with van der Waals surface area (Å²) < 4.78 is 2.25. The van der Waals surface area contributed by atoms with E-state index in [1.807, 2.05) is 36.7 Å². The zero-order chi connectivity index (χ0) is 22.4. The van der Waals surface area contributed by atoms with Crippen molar-refractivity contribution in [2.45, 2.75) is 18.8 Å². The molecule has 1 amide bonds. The number of amides is 1. The highest BCUT2D eigenvalue weighted by Crippen LogP contribution is 2.42. The number of nitrogen functional groups attached to an aromatic ring is 1. The molecule has 164 valence electrons. The highest BCUT2D eigenvalue weighted by Gasteiger charge is 2.27. The van der Waals surface area contributed by atoms with Crippen LogP contribution in [0, 0.1) is 0 Å². The molecule has 1 aliphatic carbocycles. The van der Waals surface area contributed by atoms with Gasteiger partial charge in [0, 0.05) is 11.9 Å². The Balaban J connectivity index is 1.21. The summed E-state index contributed by atoms with van der Waals surface area (Å²) in [7, 11) is 0. The number of thiophene rings is 1. The van der Waals surface area contributed by atoms with Crippen LogP contribution in [0.1, 0.15) is 34.1 Å². The number of fused-ring (bicyclic) bond motifs is 1. The highest BCUT2D eigenvalue weighted by molar-refractivity contribution is 7.20. The predicted molar refractivity (Wildman–Crippen MR) is 135 cm³/mol. The Bertz CT molecular complexity index is 1480. The van der Waals surface area contributed by atoms with Crippen molar-refractivity contribution >= 4 is 55.7 Å². The van der Waals surface area contributed by atoms with Crippen molar-refractivity contribution in [1.82, 2.24) is 14.4 Å². The van der Waals surface area contributed by atoms with Crippen LogP contribution in [0.2, 0.25) is 0 Å². The van der Waals surface area contributed by atoms with Crippen LogP contribution in [-0.2, 0) is 0 Å². The van der Waals surface area contributed by atoms with E-state index in [0.29, 0.717) is 22.2 Å². The molecule has 4 N–H and O–H groups in total. The first kappa shape index (κ1) is 20.0. The van der Waals surface area contributed by atoms with Crippen molar-refractivity contribution in [3.05, 3.63) is 77.6 Å². The summed E-state index contributed by atoms with van der Waals surface area (Å²) >= 11 is 2.94. The molecule has 33 heavy (non-hydrogen) atoms. The average Bonchev–Trinajstić information content (AvgIpc) is 3.19. The number of pyridine rings is 1. The number of carbonyl (C=O) groups excluding carboxylic acids is 1. The number of nitrogens with one attached hydrogen (secondary N) is 2. The molecule has 1 aromatic carbocycles. The molecule has 0 unspecified atom stereocenters. The van der Waals surface area contributed by atoms with Crippen LogP contribution in [0.5, 0.6) is 0 Å². The normalized spacial score (nSPS) is 13.3. The average molecular weight is 473 g/mol. The maximum Gasteiger partial charge on any atom is 0.265 e. The lowest BCUT2D eigenvalue weighted by Crippen LogP contribution is -2.11. The number of para-hydroxylation sites is 2. The number of imidazole rings is 1. The summed E-state index contributed by atoms with van der Waals surface area (Å²) in [6, 6.07) is 17.2. The van der Waals surface area contributed by atoms with Crippen LogP contribution in [0.3, 0.4) is 0 Å². The van der Waals surface area contributed by atoms with E-state index in [4.69, 9.17) is 5.73 Å². The molecular formula is C24H20N6OS2. The second-order valence-corrected chi connectivity index (χ2v) is 10.0. The van der Waals surface area contributed by atoms with Gasteiger partial charge in [0.05, 0.1) is 38.0 Å². The van der Waals surface area contributed by atoms with Crippen LogP contribution in [0.15, 0.2) is 67.0 Å². The predicted octanol–water partition coefficient (Wildman–Crippen LogP) is 5.97. The molecule has 0 atom stereocenters. The summed E-state index contributed by atoms with van der Waals surface area (Å²) in [4.78, 5) is 23.4. The van der Waals surface area contributed by atoms with Gasteiger partial charge in [-0.3, -0.25) is 9.20 Å². The van der Waals surface area contributed by atoms with Gasteiger partial charge in [0.1, 0.15) is 5.65 Å². The Kier molecular flexibility index (Phi) is 4.85. The summed E-state index contributed by atoms with van der Waals surface area (Å²) in [6.45, 7) is 0. The zero-order valence-corrected chi connectivity index (χ0v) is 19.1. The first-order valence-electron chi connectivity index (χ1n) is 10.6. The standard InChI is InChI=1S/C24H20N6OS2/c25-15-4-1-2-5-16(15)28-23(31)19-10-11-22(32-19)29-24-27-13-20(33-24)18-12-26-21-7-3-6-17(30(18)21)14-8-9-14/h1-7,10-14H,8-9,25H2,(H,27,29)(H,28,31). The summed E-state index contributed by atoms with van der Waals surface area (Å²) in [5, 5.41) is 7.80. The van der Waals surface area contributed by atoms with E-state index in [0.717, 1.165) is 26.4 Å². The topological polar surface area (TPSA) is 97.3 Å². The van der Waals surface area contributed by atoms with E-state index >= 15 is 0 Å². The Morgan fingerprint density at radius 3 is 2.73 bits per heavy atom. The van der Waals surface area contributed by atoms with Crippen molar-refractivity contribution in [1.29, 1.82) is 0 Å². The number of rotatable bonds is 6. The molecule has 1 aliphatic rings. The fourth-order valence-corrected chi connectivity index (χ4v) is 5.51. The lowest BCUT2D eigenvalue weighted by atomic mass is 10.2. The molecular weight excluding hydrogens is 452 g/mol. The smallest absolute Gasteiger partial charge is 0.265 e. The number of hydrogen-bond donors (Lipinski definition) is 3. The molecule has 4 aromatic heterocycles. The number of hydrogen-bond acceptors (Lipinski definition) is 7. The van der Waals surface area contributed by atoms with Gasteiger partial charge >= 0.3 is 0 Å². The lowest BCUT2D eigenvalue weighted by Gasteiger charge is -2.06. The molecule has 0 spiro atoms. The first-order chi connectivity index (χ1) is 16.2. The maximum atomic E-state index is 12.6. The number of anilines is 4. The minimum atomic E-state index is -0.191. The molecule has 0 saturated heterocycles. The third kappa shape index (κ3) is 3.85. The quantitative estimate of drug-likeness (QED) is 0.264. The number of thiazole rings is 1. The third-order valence-corrected chi connectivity index (χ3v) is 7.52. The molecule has 0 aliphatic heterocycles. The van der Waals surface area contributed by atoms with E-state index in [2.05, 4.69) is 37.1 Å². The Morgan fingerprint density at radius 2 is 1.88 bits per heavy atom. The molecule has 0 bridgehead atoms. The minimum absolute atomic E-state index is 0.191. The largest absolute Gasteiger partial charge is 0.397 e. The number of nitrogens with zero attached hydrogens (tertiary/aromatic N) is 3. The van der Waals surface area contributed by atoms with E-state index < -0.39 is 0 Å². The van der Waals surface area contributed by atoms with Gasteiger partial charge in [-0.25, -0.2) is 9.97 Å². The van der Waals surface area contributed by atoms with Gasteiger partial charge in [-0.2, -0.15) is 0 Å². The van der Waals surface area contributed by atoms with E-state index in [9.17, 15) is 4.79 Å². The molecule has 6 rings (SSSR count). The van der Waals surface area contributed by atoms with Crippen LogP contribution in [0.25, 0.3) is 16.2 Å². The second-order valence-electron chi connectivity index (χ2n) is 7.92. The molecule has 1 fully saturated rings. The summed E-state index contributed by atoms with van der Waals surface area (Å²) in [5.41, 5.74) is 10.4. The van der Waals surface area contributed by atoms with Crippen LogP contribution in [-0.4, -0.2) is 20.3 Å². The zero-order valence-electron chi connectivity index (χ0n) is 17.5. The van der Waals surface area contributed by atoms with Gasteiger partial charge in [-0.1, -0.05) is 29.5 Å². The van der Waals surface area contributed by atoms with Crippen LogP contribution >= 0.6 is 22.7 Å². The molecule has 9 heteroatoms. The van der Waals surface area contributed by atoms with Crippen molar-refractivity contribution in [3.8, 4) is 10.6 Å². The van der Waals surface area contributed by atoms with Gasteiger partial charge in [0.25, 0.3) is 5.91 Å². The second kappa shape index (κ2) is 8.02. The van der Waals surface area contributed by atoms with Crippen molar-refractivity contribution in [2.24, 2.45) is 0 Å². The van der Waals surface area contributed by atoms with Crippen molar-refractivity contribution in [3.63, 3.8) is 0 Å². The maximum absolute atomic E-state index is 12.6. The minimum Gasteiger partial charge on any atom is -0.397 e. The highest BCUT2D eigenvalue weighted by atomic mass is 32.1. The molecule has 5 aromatic rings. The van der Waals surface area contributed by atoms with Crippen LogP contribution in [0.4, 0.5) is 21.5 Å². The Morgan fingerprint density at radius 1 is 1.00 bits per heavy atom. The summed E-state index contributed by atoms with van der Waals surface area (Å²) in [6.07, 6.45) is 6.26. The Hall–Kier alpha value is -3.69. The van der Waals surface area contributed by atoms with Gasteiger partial charge in [0.2, 0.25) is 0 Å². The van der Waals surface area contributed by atoms with Gasteiger partial charge in [0.15, 0.2) is 5.13 Å². The third-order valence-electron chi connectivity index (χ3n) is 5.58. The number of nitrogens with two attached hydrogens (primary N) is 1. The van der Waals surface area contributed by atoms with Gasteiger partial charge < -0.3 is 16.4 Å². The summed E-state index contributed by atoms with van der Waals surface area (Å²) in [5.74, 6) is 0.429. The lowest BCUT2D eigenvalue weighted by molar-refractivity contribution is 0.103. The van der Waals surface area contributed by atoms with Gasteiger partial charge in [-0.15, -0.1) is 11.3 Å². The van der Waals surface area contributed by atoms with Crippen molar-refractivity contribution in [2.75, 3.05) is 16.4 Å². The van der Waals surface area contributed by atoms with Crippen LogP contribution < -0.4 is 16.4 Å². The molecule has 0 radical (unpaired) electrons. The molecule has 4 heterocycles. The monoisotopic (exact) mass is 472 g/mol. The molecule has 7 nitrogen and oxygen atoms in total. The number of benzene rings is 1. The van der Waals surface area contributed by atoms with E-state index in [1.54, 1.807) is 29.5 Å². The fraction of sp³-hybridized carbons (Fsp3) is 0.125. The fourth-order valence-electron chi connectivity index (χ4n) is 3.81. The van der Waals surface area contributed by atoms with Crippen molar-refractivity contribution < 1.29 is 4.79 Å². The number of carbonyl (C=O) groups is 1. The molecule has 1 saturated carbocycles. The SMILES string of the molecule is Nc1ccccc1NC(=O)c1ccc(Nc2ncc(-c3cnc4cccc(C5CC5)n34)s2)s1. The Labute approximate surface area is 197 Å². The van der Waals surface area contributed by atoms with E-state index in [1.165, 1.54) is 29.9 Å². The first-order valence-corrected chi connectivity index (χ1v) is 12.2.